The summed E-state index contributed by atoms with van der Waals surface area (Å²) in [6.07, 6.45) is -4.53. The predicted molar refractivity (Wildman–Crippen MR) is 80.4 cm³/mol. The normalized spacial score (nSPS) is 11.7. The second-order valence-electron chi connectivity index (χ2n) is 5.16. The van der Waals surface area contributed by atoms with E-state index in [1.54, 1.807) is 49.4 Å². The molecule has 0 aliphatic rings. The van der Waals surface area contributed by atoms with E-state index in [9.17, 15) is 18.3 Å². The van der Waals surface area contributed by atoms with Crippen molar-refractivity contribution in [1.82, 2.24) is 9.78 Å². The van der Waals surface area contributed by atoms with Gasteiger partial charge in [0, 0.05) is 5.56 Å². The summed E-state index contributed by atoms with van der Waals surface area (Å²) in [5.41, 5.74) is 1.02. The predicted octanol–water partition coefficient (Wildman–Crippen LogP) is 4.57. The zero-order valence-electron chi connectivity index (χ0n) is 12.2. The minimum atomic E-state index is -4.53. The maximum Gasteiger partial charge on any atom is 0.435 e. The van der Waals surface area contributed by atoms with Crippen LogP contribution in [0, 0.1) is 6.92 Å². The first-order valence-corrected chi connectivity index (χ1v) is 6.89. The molecule has 0 aliphatic heterocycles. The number of benzene rings is 2. The standard InChI is InChI=1S/C17H13F3N2O/c1-11-9-12(7-8-15(11)23)14-10-16(17(18,19)20)21-22(14)13-5-3-2-4-6-13/h2-10,23H,1H3. The summed E-state index contributed by atoms with van der Waals surface area (Å²) >= 11 is 0. The number of alkyl halides is 3. The van der Waals surface area contributed by atoms with E-state index < -0.39 is 11.9 Å². The van der Waals surface area contributed by atoms with Gasteiger partial charge in [-0.25, -0.2) is 4.68 Å². The molecule has 2 aromatic carbocycles. The number of aromatic nitrogens is 2. The van der Waals surface area contributed by atoms with Crippen LogP contribution in [-0.4, -0.2) is 14.9 Å². The van der Waals surface area contributed by atoms with Crippen molar-refractivity contribution in [2.75, 3.05) is 0 Å². The summed E-state index contributed by atoms with van der Waals surface area (Å²) < 4.78 is 40.4. The number of para-hydroxylation sites is 1. The molecule has 1 heterocycles. The highest BCUT2D eigenvalue weighted by atomic mass is 19.4. The van der Waals surface area contributed by atoms with Crippen molar-refractivity contribution in [3.8, 4) is 22.7 Å². The fourth-order valence-corrected chi connectivity index (χ4v) is 2.31. The Kier molecular flexibility index (Phi) is 3.60. The number of halogens is 3. The average molecular weight is 318 g/mol. The summed E-state index contributed by atoms with van der Waals surface area (Å²) in [5, 5.41) is 13.3. The number of rotatable bonds is 2. The summed E-state index contributed by atoms with van der Waals surface area (Å²) in [6, 6.07) is 14.3. The van der Waals surface area contributed by atoms with E-state index in [1.165, 1.54) is 10.7 Å². The average Bonchev–Trinajstić information content (AvgIpc) is 2.96. The summed E-state index contributed by atoms with van der Waals surface area (Å²) in [4.78, 5) is 0. The van der Waals surface area contributed by atoms with E-state index in [0.29, 0.717) is 22.5 Å². The first-order chi connectivity index (χ1) is 10.9. The third-order valence-corrected chi connectivity index (χ3v) is 3.49. The Morgan fingerprint density at radius 1 is 1.00 bits per heavy atom. The number of aryl methyl sites for hydroxylation is 1. The van der Waals surface area contributed by atoms with Crippen LogP contribution < -0.4 is 0 Å². The van der Waals surface area contributed by atoms with E-state index in [0.717, 1.165) is 6.07 Å². The SMILES string of the molecule is Cc1cc(-c2cc(C(F)(F)F)nn2-c2ccccc2)ccc1O. The lowest BCUT2D eigenvalue weighted by molar-refractivity contribution is -0.141. The molecule has 0 saturated carbocycles. The van der Waals surface area contributed by atoms with Gasteiger partial charge in [-0.2, -0.15) is 18.3 Å². The van der Waals surface area contributed by atoms with Crippen LogP contribution in [0.25, 0.3) is 16.9 Å². The molecule has 0 fully saturated rings. The number of hydrogen-bond donors (Lipinski definition) is 1. The lowest BCUT2D eigenvalue weighted by Crippen LogP contribution is -2.07. The van der Waals surface area contributed by atoms with E-state index in [1.807, 2.05) is 0 Å². The molecule has 0 amide bonds. The second kappa shape index (κ2) is 5.46. The molecule has 3 aromatic rings. The number of aromatic hydroxyl groups is 1. The largest absolute Gasteiger partial charge is 0.508 e. The van der Waals surface area contributed by atoms with E-state index in [4.69, 9.17) is 0 Å². The van der Waals surface area contributed by atoms with Gasteiger partial charge in [0.05, 0.1) is 11.4 Å². The summed E-state index contributed by atoms with van der Waals surface area (Å²) in [6.45, 7) is 1.69. The molecule has 118 valence electrons. The zero-order chi connectivity index (χ0) is 16.6. The van der Waals surface area contributed by atoms with Gasteiger partial charge in [0.1, 0.15) is 5.75 Å². The van der Waals surface area contributed by atoms with Crippen LogP contribution in [0.2, 0.25) is 0 Å². The van der Waals surface area contributed by atoms with Crippen molar-refractivity contribution in [2.24, 2.45) is 0 Å². The number of nitrogens with zero attached hydrogens (tertiary/aromatic N) is 2. The van der Waals surface area contributed by atoms with Crippen LogP contribution in [0.15, 0.2) is 54.6 Å². The van der Waals surface area contributed by atoms with Crippen molar-refractivity contribution >= 4 is 0 Å². The fraction of sp³-hybridized carbons (Fsp3) is 0.118. The lowest BCUT2D eigenvalue weighted by Gasteiger charge is -2.08. The molecule has 1 N–H and O–H groups in total. The maximum atomic E-state index is 13.0. The molecule has 3 rings (SSSR count). The van der Waals surface area contributed by atoms with Crippen LogP contribution in [0.4, 0.5) is 13.2 Å². The van der Waals surface area contributed by atoms with Gasteiger partial charge >= 0.3 is 6.18 Å². The minimum absolute atomic E-state index is 0.0931. The lowest BCUT2D eigenvalue weighted by atomic mass is 10.1. The van der Waals surface area contributed by atoms with E-state index >= 15 is 0 Å². The van der Waals surface area contributed by atoms with Gasteiger partial charge in [-0.15, -0.1) is 0 Å². The van der Waals surface area contributed by atoms with Crippen LogP contribution in [0.5, 0.6) is 5.75 Å². The third kappa shape index (κ3) is 2.92. The Morgan fingerprint density at radius 2 is 1.70 bits per heavy atom. The van der Waals surface area contributed by atoms with Crippen LogP contribution in [0.3, 0.4) is 0 Å². The van der Waals surface area contributed by atoms with Crippen molar-refractivity contribution in [3.63, 3.8) is 0 Å². The molecule has 0 spiro atoms. The van der Waals surface area contributed by atoms with Crippen LogP contribution in [0.1, 0.15) is 11.3 Å². The highest BCUT2D eigenvalue weighted by Gasteiger charge is 2.35. The molecule has 0 radical (unpaired) electrons. The van der Waals surface area contributed by atoms with Crippen molar-refractivity contribution in [1.29, 1.82) is 0 Å². The Balaban J connectivity index is 2.22. The number of phenols is 1. The monoisotopic (exact) mass is 318 g/mol. The van der Waals surface area contributed by atoms with E-state index in [-0.39, 0.29) is 5.75 Å². The Morgan fingerprint density at radius 3 is 2.30 bits per heavy atom. The highest BCUT2D eigenvalue weighted by Crippen LogP contribution is 2.34. The molecular weight excluding hydrogens is 305 g/mol. The molecular formula is C17H13F3N2O. The van der Waals surface area contributed by atoms with Gasteiger partial charge in [-0.1, -0.05) is 18.2 Å². The second-order valence-corrected chi connectivity index (χ2v) is 5.16. The van der Waals surface area contributed by atoms with Gasteiger partial charge < -0.3 is 5.11 Å². The summed E-state index contributed by atoms with van der Waals surface area (Å²) in [7, 11) is 0. The maximum absolute atomic E-state index is 13.0. The first-order valence-electron chi connectivity index (χ1n) is 6.89. The molecule has 6 heteroatoms. The van der Waals surface area contributed by atoms with Gasteiger partial charge in [0.25, 0.3) is 0 Å². The van der Waals surface area contributed by atoms with Crippen molar-refractivity contribution < 1.29 is 18.3 Å². The van der Waals surface area contributed by atoms with Gasteiger partial charge in [0.15, 0.2) is 5.69 Å². The zero-order valence-corrected chi connectivity index (χ0v) is 12.2. The molecule has 0 aliphatic carbocycles. The van der Waals surface area contributed by atoms with Crippen LogP contribution in [-0.2, 0) is 6.18 Å². The smallest absolute Gasteiger partial charge is 0.435 e. The molecule has 3 nitrogen and oxygen atoms in total. The van der Waals surface area contributed by atoms with Crippen LogP contribution >= 0.6 is 0 Å². The number of phenolic OH excluding ortho intramolecular Hbond substituents is 1. The molecule has 0 unspecified atom stereocenters. The highest BCUT2D eigenvalue weighted by molar-refractivity contribution is 5.65. The van der Waals surface area contributed by atoms with Gasteiger partial charge in [-0.05, 0) is 48.9 Å². The van der Waals surface area contributed by atoms with E-state index in [2.05, 4.69) is 5.10 Å². The summed E-state index contributed by atoms with van der Waals surface area (Å²) in [5.74, 6) is 0.0931. The number of hydrogen-bond acceptors (Lipinski definition) is 2. The molecule has 1 aromatic heterocycles. The molecule has 0 saturated heterocycles. The van der Waals surface area contributed by atoms with Crippen molar-refractivity contribution in [2.45, 2.75) is 13.1 Å². The molecule has 0 bridgehead atoms. The molecule has 23 heavy (non-hydrogen) atoms. The fourth-order valence-electron chi connectivity index (χ4n) is 2.31. The van der Waals surface area contributed by atoms with Crippen molar-refractivity contribution in [3.05, 3.63) is 65.9 Å². The van der Waals surface area contributed by atoms with Gasteiger partial charge in [0.2, 0.25) is 0 Å². The first kappa shape index (κ1) is 15.1. The van der Waals surface area contributed by atoms with Gasteiger partial charge in [-0.3, -0.25) is 0 Å². The Bertz CT molecular complexity index is 839. The topological polar surface area (TPSA) is 38.0 Å². The Labute approximate surface area is 130 Å². The Hall–Kier alpha value is -2.76. The third-order valence-electron chi connectivity index (χ3n) is 3.49. The molecule has 0 atom stereocenters. The quantitative estimate of drug-likeness (QED) is 0.751. The minimum Gasteiger partial charge on any atom is -0.508 e.